The van der Waals surface area contributed by atoms with Gasteiger partial charge in [-0.2, -0.15) is 0 Å². The van der Waals surface area contributed by atoms with Gasteiger partial charge in [-0.25, -0.2) is 0 Å². The molecule has 0 aliphatic rings. The van der Waals surface area contributed by atoms with Gasteiger partial charge in [0.2, 0.25) is 0 Å². The van der Waals surface area contributed by atoms with Crippen molar-refractivity contribution in [1.29, 1.82) is 0 Å². The van der Waals surface area contributed by atoms with Crippen molar-refractivity contribution in [1.82, 2.24) is 0 Å². The van der Waals surface area contributed by atoms with Gasteiger partial charge >= 0.3 is 0 Å². The molecule has 16 heavy (non-hydrogen) atoms. The van der Waals surface area contributed by atoms with E-state index >= 15 is 0 Å². The van der Waals surface area contributed by atoms with Crippen molar-refractivity contribution in [2.75, 3.05) is 7.11 Å². The minimum absolute atomic E-state index is 0.591. The number of hydrogen-bond donors (Lipinski definition) is 0. The molecule has 0 bridgehead atoms. The van der Waals surface area contributed by atoms with Crippen molar-refractivity contribution in [3.8, 4) is 5.75 Å². The summed E-state index contributed by atoms with van der Waals surface area (Å²) in [5.74, 6) is 0.657. The highest BCUT2D eigenvalue weighted by molar-refractivity contribution is 9.10. The summed E-state index contributed by atoms with van der Waals surface area (Å²) in [5.41, 5.74) is 1.80. The number of ether oxygens (including phenoxy) is 1. The van der Waals surface area contributed by atoms with E-state index < -0.39 is 0 Å². The van der Waals surface area contributed by atoms with Crippen LogP contribution in [0.5, 0.6) is 5.75 Å². The highest BCUT2D eigenvalue weighted by Gasteiger charge is 2.08. The van der Waals surface area contributed by atoms with Gasteiger partial charge < -0.3 is 4.74 Å². The summed E-state index contributed by atoms with van der Waals surface area (Å²) in [6.45, 7) is 2.19. The van der Waals surface area contributed by atoms with E-state index in [1.54, 1.807) is 7.11 Å². The Morgan fingerprint density at radius 1 is 1.38 bits per heavy atom. The summed E-state index contributed by atoms with van der Waals surface area (Å²) >= 11 is 3.49. The van der Waals surface area contributed by atoms with Gasteiger partial charge in [0.1, 0.15) is 5.75 Å². The number of benzene rings is 1. The molecular weight excluding hydrogens is 268 g/mol. The maximum Gasteiger partial charge on any atom is 0.153 e. The van der Waals surface area contributed by atoms with Crippen LogP contribution in [-0.4, -0.2) is 13.4 Å². The third kappa shape index (κ3) is 3.34. The lowest BCUT2D eigenvalue weighted by atomic mass is 10.0. The molecule has 0 fully saturated rings. The van der Waals surface area contributed by atoms with E-state index in [2.05, 4.69) is 22.9 Å². The minimum Gasteiger partial charge on any atom is -0.496 e. The Morgan fingerprint density at radius 2 is 2.12 bits per heavy atom. The van der Waals surface area contributed by atoms with Crippen LogP contribution in [0.4, 0.5) is 0 Å². The summed E-state index contributed by atoms with van der Waals surface area (Å²) in [7, 11) is 1.59. The molecule has 0 amide bonds. The maximum absolute atomic E-state index is 10.8. The fourth-order valence-electron chi connectivity index (χ4n) is 1.64. The molecule has 1 rings (SSSR count). The van der Waals surface area contributed by atoms with Crippen molar-refractivity contribution >= 4 is 22.2 Å². The van der Waals surface area contributed by atoms with Gasteiger partial charge in [-0.1, -0.05) is 35.7 Å². The first-order valence-electron chi connectivity index (χ1n) is 5.54. The van der Waals surface area contributed by atoms with E-state index in [-0.39, 0.29) is 0 Å². The quantitative estimate of drug-likeness (QED) is 0.583. The molecule has 1 aromatic rings. The monoisotopic (exact) mass is 284 g/mol. The van der Waals surface area contributed by atoms with Crippen LogP contribution in [-0.2, 0) is 6.42 Å². The molecule has 2 nitrogen and oxygen atoms in total. The van der Waals surface area contributed by atoms with Gasteiger partial charge in [0, 0.05) is 4.47 Å². The topological polar surface area (TPSA) is 26.3 Å². The zero-order valence-electron chi connectivity index (χ0n) is 9.75. The number of carbonyl (C=O) groups is 1. The first kappa shape index (κ1) is 13.2. The first-order chi connectivity index (χ1) is 7.72. The largest absolute Gasteiger partial charge is 0.496 e. The summed E-state index contributed by atoms with van der Waals surface area (Å²) in [4.78, 5) is 10.8. The lowest BCUT2D eigenvalue weighted by molar-refractivity contribution is 0.112. The second kappa shape index (κ2) is 6.69. The average Bonchev–Trinajstić information content (AvgIpc) is 2.31. The molecule has 0 radical (unpaired) electrons. The molecule has 3 heteroatoms. The number of rotatable bonds is 6. The van der Waals surface area contributed by atoms with Gasteiger partial charge in [-0.3, -0.25) is 4.79 Å². The summed E-state index contributed by atoms with van der Waals surface area (Å²) < 4.78 is 6.18. The van der Waals surface area contributed by atoms with Crippen molar-refractivity contribution in [3.05, 3.63) is 27.7 Å². The molecule has 0 unspecified atom stereocenters. The number of aldehydes is 1. The highest BCUT2D eigenvalue weighted by atomic mass is 79.9. The fraction of sp³-hybridized carbons (Fsp3) is 0.462. The van der Waals surface area contributed by atoms with Crippen LogP contribution in [0.15, 0.2) is 16.6 Å². The predicted octanol–water partition coefficient (Wildman–Crippen LogP) is 4.00. The van der Waals surface area contributed by atoms with Gasteiger partial charge in [-0.05, 0) is 30.5 Å². The molecule has 1 aromatic carbocycles. The van der Waals surface area contributed by atoms with Crippen molar-refractivity contribution in [2.45, 2.75) is 32.6 Å². The van der Waals surface area contributed by atoms with Crippen molar-refractivity contribution in [3.63, 3.8) is 0 Å². The predicted molar refractivity (Wildman–Crippen MR) is 69.3 cm³/mol. The minimum atomic E-state index is 0.591. The Kier molecular flexibility index (Phi) is 5.53. The standard InChI is InChI=1S/C13H17BrO2/c1-3-4-5-6-10-8-13(16-2)11(9-15)7-12(10)14/h7-9H,3-6H2,1-2H3. The number of unbranched alkanes of at least 4 members (excludes halogenated alkanes) is 2. The summed E-state index contributed by atoms with van der Waals surface area (Å²) in [5, 5.41) is 0. The highest BCUT2D eigenvalue weighted by Crippen LogP contribution is 2.27. The lowest BCUT2D eigenvalue weighted by Crippen LogP contribution is -1.95. The molecular formula is C13H17BrO2. The third-order valence-electron chi connectivity index (χ3n) is 2.58. The van der Waals surface area contributed by atoms with Crippen LogP contribution in [0.3, 0.4) is 0 Å². The smallest absolute Gasteiger partial charge is 0.153 e. The van der Waals surface area contributed by atoms with Gasteiger partial charge in [0.25, 0.3) is 0 Å². The molecule has 0 aliphatic heterocycles. The lowest BCUT2D eigenvalue weighted by Gasteiger charge is -2.09. The van der Waals surface area contributed by atoms with E-state index in [4.69, 9.17) is 4.74 Å². The van der Waals surface area contributed by atoms with Gasteiger partial charge in [0.05, 0.1) is 12.7 Å². The number of halogens is 1. The van der Waals surface area contributed by atoms with Crippen molar-refractivity contribution in [2.24, 2.45) is 0 Å². The van der Waals surface area contributed by atoms with E-state index in [0.717, 1.165) is 17.2 Å². The summed E-state index contributed by atoms with van der Waals surface area (Å²) in [6.07, 6.45) is 5.44. The second-order valence-corrected chi connectivity index (χ2v) is 4.61. The Balaban J connectivity index is 2.88. The van der Waals surface area contributed by atoms with Crippen LogP contribution in [0.2, 0.25) is 0 Å². The van der Waals surface area contributed by atoms with Crippen LogP contribution in [0.1, 0.15) is 42.1 Å². The zero-order chi connectivity index (χ0) is 12.0. The fourth-order valence-corrected chi connectivity index (χ4v) is 2.20. The van der Waals surface area contributed by atoms with Crippen LogP contribution >= 0.6 is 15.9 Å². The SMILES string of the molecule is CCCCCc1cc(OC)c(C=O)cc1Br. The zero-order valence-corrected chi connectivity index (χ0v) is 11.3. The average molecular weight is 285 g/mol. The third-order valence-corrected chi connectivity index (χ3v) is 3.31. The second-order valence-electron chi connectivity index (χ2n) is 3.76. The molecule has 0 spiro atoms. The first-order valence-corrected chi connectivity index (χ1v) is 6.33. The molecule has 0 N–H and O–H groups in total. The van der Waals surface area contributed by atoms with Gasteiger partial charge in [0.15, 0.2) is 6.29 Å². The molecule has 0 atom stereocenters. The molecule has 0 aromatic heterocycles. The van der Waals surface area contributed by atoms with Crippen LogP contribution in [0, 0.1) is 0 Å². The van der Waals surface area contributed by atoms with Crippen molar-refractivity contribution < 1.29 is 9.53 Å². The van der Waals surface area contributed by atoms with E-state index in [9.17, 15) is 4.79 Å². The Labute approximate surface area is 105 Å². The number of aryl methyl sites for hydroxylation is 1. The summed E-state index contributed by atoms with van der Waals surface area (Å²) in [6, 6.07) is 3.77. The Bertz CT molecular complexity index is 361. The molecule has 88 valence electrons. The van der Waals surface area contributed by atoms with E-state index in [1.165, 1.54) is 24.8 Å². The number of carbonyl (C=O) groups excluding carboxylic acids is 1. The van der Waals surface area contributed by atoms with E-state index in [0.29, 0.717) is 11.3 Å². The molecule has 0 heterocycles. The molecule has 0 aliphatic carbocycles. The van der Waals surface area contributed by atoms with Crippen LogP contribution in [0.25, 0.3) is 0 Å². The normalized spacial score (nSPS) is 10.2. The number of hydrogen-bond acceptors (Lipinski definition) is 2. The van der Waals surface area contributed by atoms with E-state index in [1.807, 2.05) is 12.1 Å². The Hall–Kier alpha value is -0.830. The van der Waals surface area contributed by atoms with Gasteiger partial charge in [-0.15, -0.1) is 0 Å². The Morgan fingerprint density at radius 3 is 2.69 bits per heavy atom. The molecule has 0 saturated heterocycles. The van der Waals surface area contributed by atoms with Crippen LogP contribution < -0.4 is 4.74 Å². The maximum atomic E-state index is 10.8. The molecule has 0 saturated carbocycles. The number of methoxy groups -OCH3 is 1.